The van der Waals surface area contributed by atoms with Gasteiger partial charge in [0.1, 0.15) is 11.9 Å². The van der Waals surface area contributed by atoms with Crippen LogP contribution in [0.3, 0.4) is 0 Å². The molecule has 0 saturated carbocycles. The molecule has 1 heterocycles. The summed E-state index contributed by atoms with van der Waals surface area (Å²) in [6, 6.07) is 6.38. The van der Waals surface area contributed by atoms with Crippen molar-refractivity contribution in [2.24, 2.45) is 10.8 Å². The lowest BCUT2D eigenvalue weighted by atomic mass is 9.64. The molecule has 136 valence electrons. The molecule has 0 unspecified atom stereocenters. The number of Topliss-reactive ketones (excluding diaryl/α,β-unsaturated/α-hetero) is 1. The number of benzene rings is 1. The van der Waals surface area contributed by atoms with Crippen LogP contribution in [0.2, 0.25) is 5.02 Å². The van der Waals surface area contributed by atoms with Crippen LogP contribution in [0.5, 0.6) is 0 Å². The Bertz CT molecular complexity index is 856. The van der Waals surface area contributed by atoms with E-state index in [9.17, 15) is 19.2 Å². The lowest BCUT2D eigenvalue weighted by molar-refractivity contribution is -0.129. The fourth-order valence-corrected chi connectivity index (χ4v) is 4.26. The molecule has 1 spiro atoms. The van der Waals surface area contributed by atoms with Gasteiger partial charge in [-0.05, 0) is 30.5 Å². The van der Waals surface area contributed by atoms with Gasteiger partial charge >= 0.3 is 0 Å². The van der Waals surface area contributed by atoms with E-state index in [0.29, 0.717) is 25.1 Å². The van der Waals surface area contributed by atoms with E-state index in [1.807, 2.05) is 19.9 Å². The number of carbonyl (C=O) groups is 2. The maximum atomic E-state index is 13.6. The molecule has 1 fully saturated rings. The number of ketones is 1. The Kier molecular flexibility index (Phi) is 4.66. The van der Waals surface area contributed by atoms with E-state index >= 15 is 0 Å². The number of nitriles is 1. The lowest BCUT2D eigenvalue weighted by Crippen LogP contribution is -2.41. The third-order valence-corrected chi connectivity index (χ3v) is 5.61. The molecule has 0 N–H and O–H groups in total. The number of allylic oxidation sites excluding steroid dienone is 1. The van der Waals surface area contributed by atoms with Gasteiger partial charge in [0.05, 0.1) is 17.0 Å². The predicted octanol–water partition coefficient (Wildman–Crippen LogP) is 3.69. The van der Waals surface area contributed by atoms with Crippen molar-refractivity contribution in [3.63, 3.8) is 0 Å². The van der Waals surface area contributed by atoms with Gasteiger partial charge in [-0.3, -0.25) is 9.59 Å². The van der Waals surface area contributed by atoms with Crippen LogP contribution in [-0.4, -0.2) is 29.7 Å². The summed E-state index contributed by atoms with van der Waals surface area (Å²) in [5.74, 6) is -0.763. The second-order valence-electron chi connectivity index (χ2n) is 7.91. The first kappa shape index (κ1) is 18.6. The average molecular weight is 375 g/mol. The minimum absolute atomic E-state index is 0.0320. The summed E-state index contributed by atoms with van der Waals surface area (Å²) in [7, 11) is 0. The van der Waals surface area contributed by atoms with Crippen molar-refractivity contribution < 1.29 is 14.0 Å². The molecule has 6 heteroatoms. The molecule has 1 aliphatic carbocycles. The fourth-order valence-electron chi connectivity index (χ4n) is 4.14. The zero-order valence-corrected chi connectivity index (χ0v) is 15.6. The van der Waals surface area contributed by atoms with Crippen LogP contribution in [0.15, 0.2) is 29.8 Å². The third-order valence-electron chi connectivity index (χ3n) is 5.30. The summed E-state index contributed by atoms with van der Waals surface area (Å²) in [5, 5.41) is 9.32. The Morgan fingerprint density at radius 1 is 1.42 bits per heavy atom. The Morgan fingerprint density at radius 2 is 2.15 bits per heavy atom. The molecule has 1 amide bonds. The minimum atomic E-state index is -0.613. The molecule has 0 radical (unpaired) electrons. The molecular weight excluding hydrogens is 355 g/mol. The van der Waals surface area contributed by atoms with Gasteiger partial charge in [0, 0.05) is 23.9 Å². The van der Waals surface area contributed by atoms with Crippen molar-refractivity contribution in [3.8, 4) is 6.07 Å². The van der Waals surface area contributed by atoms with Crippen molar-refractivity contribution in [3.05, 3.63) is 46.3 Å². The van der Waals surface area contributed by atoms with Crippen LogP contribution in [0.4, 0.5) is 4.39 Å². The first-order valence-corrected chi connectivity index (χ1v) is 8.93. The van der Waals surface area contributed by atoms with Gasteiger partial charge in [-0.15, -0.1) is 0 Å². The summed E-state index contributed by atoms with van der Waals surface area (Å²) < 4.78 is 13.6. The summed E-state index contributed by atoms with van der Waals surface area (Å²) in [5.41, 5.74) is -0.192. The van der Waals surface area contributed by atoms with Crippen molar-refractivity contribution in [1.82, 2.24) is 4.90 Å². The van der Waals surface area contributed by atoms with Gasteiger partial charge < -0.3 is 4.90 Å². The van der Waals surface area contributed by atoms with Gasteiger partial charge in [-0.2, -0.15) is 5.26 Å². The van der Waals surface area contributed by atoms with E-state index in [-0.39, 0.29) is 34.1 Å². The normalized spacial score (nSPS) is 24.5. The van der Waals surface area contributed by atoms with Gasteiger partial charge in [0.15, 0.2) is 5.78 Å². The van der Waals surface area contributed by atoms with Crippen LogP contribution >= 0.6 is 11.6 Å². The smallest absolute Gasteiger partial charge is 0.227 e. The van der Waals surface area contributed by atoms with Crippen LogP contribution in [0.25, 0.3) is 0 Å². The second-order valence-corrected chi connectivity index (χ2v) is 8.32. The second kappa shape index (κ2) is 6.51. The highest BCUT2D eigenvalue weighted by atomic mass is 35.5. The van der Waals surface area contributed by atoms with Crippen LogP contribution in [-0.2, 0) is 16.0 Å². The fraction of sp³-hybridized carbons (Fsp3) is 0.450. The van der Waals surface area contributed by atoms with Gasteiger partial charge in [-0.1, -0.05) is 37.6 Å². The number of amides is 1. The van der Waals surface area contributed by atoms with E-state index in [2.05, 4.69) is 0 Å². The van der Waals surface area contributed by atoms with Crippen molar-refractivity contribution >= 4 is 23.3 Å². The molecule has 2 aliphatic rings. The molecule has 3 rings (SSSR count). The van der Waals surface area contributed by atoms with E-state index in [1.165, 1.54) is 12.1 Å². The Morgan fingerprint density at radius 3 is 2.81 bits per heavy atom. The third kappa shape index (κ3) is 3.39. The predicted molar refractivity (Wildman–Crippen MR) is 95.8 cm³/mol. The topological polar surface area (TPSA) is 61.2 Å². The van der Waals surface area contributed by atoms with Crippen LogP contribution < -0.4 is 0 Å². The largest absolute Gasteiger partial charge is 0.342 e. The molecule has 0 bridgehead atoms. The monoisotopic (exact) mass is 374 g/mol. The quantitative estimate of drug-likeness (QED) is 0.793. The highest BCUT2D eigenvalue weighted by molar-refractivity contribution is 6.30. The highest BCUT2D eigenvalue weighted by Crippen LogP contribution is 2.47. The zero-order valence-electron chi connectivity index (χ0n) is 14.8. The summed E-state index contributed by atoms with van der Waals surface area (Å²) >= 11 is 5.68. The number of likely N-dealkylation sites (tertiary alicyclic amines) is 1. The summed E-state index contributed by atoms with van der Waals surface area (Å²) in [6.07, 6.45) is 3.19. The highest BCUT2D eigenvalue weighted by Gasteiger charge is 2.48. The van der Waals surface area contributed by atoms with E-state index in [1.54, 1.807) is 17.0 Å². The lowest BCUT2D eigenvalue weighted by Gasteiger charge is -2.38. The first-order chi connectivity index (χ1) is 12.2. The molecule has 1 aromatic rings. The number of hydrogen-bond acceptors (Lipinski definition) is 3. The zero-order chi connectivity index (χ0) is 19.1. The molecule has 1 aromatic carbocycles. The van der Waals surface area contributed by atoms with E-state index in [4.69, 9.17) is 11.6 Å². The number of halogens is 2. The minimum Gasteiger partial charge on any atom is -0.342 e. The molecule has 1 saturated heterocycles. The molecule has 1 atom stereocenters. The SMILES string of the molecule is CC1(C)C[C@@]2(C=C(C#N)C1=O)CCN(C(=O)Cc1ccc(Cl)c(F)c1)C2. The maximum Gasteiger partial charge on any atom is 0.227 e. The Hall–Kier alpha value is -2.19. The van der Waals surface area contributed by atoms with Crippen LogP contribution in [0, 0.1) is 28.0 Å². The van der Waals surface area contributed by atoms with Crippen LogP contribution in [0.1, 0.15) is 32.3 Å². The van der Waals surface area contributed by atoms with Gasteiger partial charge in [-0.25, -0.2) is 4.39 Å². The van der Waals surface area contributed by atoms with E-state index in [0.717, 1.165) is 6.42 Å². The number of rotatable bonds is 2. The number of carbonyl (C=O) groups excluding carboxylic acids is 2. The Labute approximate surface area is 157 Å². The maximum absolute atomic E-state index is 13.6. The summed E-state index contributed by atoms with van der Waals surface area (Å²) in [6.45, 7) is 4.74. The molecule has 1 aliphatic heterocycles. The first-order valence-electron chi connectivity index (χ1n) is 8.55. The van der Waals surface area contributed by atoms with Gasteiger partial charge in [0.25, 0.3) is 0 Å². The standard InChI is InChI=1S/C20H20ClFN2O2/c1-19(2)11-20(9-14(10-23)18(19)26)5-6-24(12-20)17(25)8-13-3-4-15(21)16(22)7-13/h3-4,7,9H,5-6,8,11-12H2,1-2H3/t20-/m0/s1. The van der Waals surface area contributed by atoms with Crippen molar-refractivity contribution in [2.75, 3.05) is 13.1 Å². The number of nitrogens with zero attached hydrogens (tertiary/aromatic N) is 2. The molecule has 4 nitrogen and oxygen atoms in total. The average Bonchev–Trinajstić information content (AvgIpc) is 2.97. The summed E-state index contributed by atoms with van der Waals surface area (Å²) in [4.78, 5) is 26.7. The molecule has 26 heavy (non-hydrogen) atoms. The molecule has 0 aromatic heterocycles. The van der Waals surface area contributed by atoms with Crippen molar-refractivity contribution in [2.45, 2.75) is 33.1 Å². The number of hydrogen-bond donors (Lipinski definition) is 0. The van der Waals surface area contributed by atoms with Crippen molar-refractivity contribution in [1.29, 1.82) is 5.26 Å². The van der Waals surface area contributed by atoms with Gasteiger partial charge in [0.2, 0.25) is 5.91 Å². The Balaban J connectivity index is 1.76. The van der Waals surface area contributed by atoms with E-state index < -0.39 is 11.2 Å². The molecular formula is C20H20ClFN2O2.